The minimum Gasteiger partial charge on any atom is -0.310 e. The van der Waals surface area contributed by atoms with E-state index >= 15 is 0 Å². The van der Waals surface area contributed by atoms with Crippen LogP contribution in [0.1, 0.15) is 123 Å². The normalized spacial score (nSPS) is 11.2. The van der Waals surface area contributed by atoms with Gasteiger partial charge in [0.2, 0.25) is 0 Å². The third kappa shape index (κ3) is 12.6. The van der Waals surface area contributed by atoms with Crippen molar-refractivity contribution in [3.8, 4) is 44.5 Å². The van der Waals surface area contributed by atoms with E-state index in [1.165, 1.54) is 133 Å². The monoisotopic (exact) mass is 1060 g/mol. The first-order valence-corrected chi connectivity index (χ1v) is 29.0. The molecule has 11 rings (SSSR count). The quantitative estimate of drug-likeness (QED) is 0.0922. The fourth-order valence-electron chi connectivity index (χ4n) is 11.3. The fraction of sp³-hybridized carbons (Fsp3) is 0.200. The van der Waals surface area contributed by atoms with Crippen LogP contribution in [0, 0.1) is 34.6 Å². The molecular formula is C80H81N. The van der Waals surface area contributed by atoms with Gasteiger partial charge < -0.3 is 4.90 Å². The molecule has 0 aromatic heterocycles. The number of nitrogens with zero attached hydrogens (tertiary/aromatic N) is 1. The molecule has 0 heterocycles. The lowest BCUT2D eigenvalue weighted by Crippen LogP contribution is -2.12. The summed E-state index contributed by atoms with van der Waals surface area (Å²) in [6.07, 6.45) is 1.98. The second-order valence-corrected chi connectivity index (χ2v) is 23.5. The Bertz CT molecular complexity index is 4000. The summed E-state index contributed by atoms with van der Waals surface area (Å²) in [7, 11) is 0. The van der Waals surface area contributed by atoms with Crippen molar-refractivity contribution in [1.29, 1.82) is 0 Å². The van der Waals surface area contributed by atoms with Crippen molar-refractivity contribution >= 4 is 55.5 Å². The average molecular weight is 1060 g/mol. The van der Waals surface area contributed by atoms with Gasteiger partial charge in [-0.1, -0.05) is 247 Å². The number of benzene rings is 11. The molecule has 0 aliphatic carbocycles. The van der Waals surface area contributed by atoms with Crippen LogP contribution in [0.5, 0.6) is 0 Å². The van der Waals surface area contributed by atoms with E-state index in [1.54, 1.807) is 0 Å². The van der Waals surface area contributed by atoms with E-state index in [1.807, 2.05) is 19.9 Å². The van der Waals surface area contributed by atoms with Gasteiger partial charge in [0, 0.05) is 16.8 Å². The van der Waals surface area contributed by atoms with Crippen LogP contribution < -0.4 is 4.90 Å². The SMILES string of the molecule is C=C(C)C.C=Cc1cc2c3ccccc3c(N(c3ccc(-c4ccc(-c5ccc(-c6ccc(-c7c(C(C)C)cc(C(C)C)cc7C(C)C)cc6)cc5)cc4)cc3)c3ccc(C)cc3C)cc2c2ccccc12.Cc1ccc(C)c(C)c1. The van der Waals surface area contributed by atoms with Gasteiger partial charge in [0.1, 0.15) is 0 Å². The zero-order valence-electron chi connectivity index (χ0n) is 50.3. The molecule has 0 saturated carbocycles. The molecule has 0 saturated heterocycles. The van der Waals surface area contributed by atoms with Crippen LogP contribution in [0.3, 0.4) is 0 Å². The van der Waals surface area contributed by atoms with Gasteiger partial charge in [0.25, 0.3) is 0 Å². The average Bonchev–Trinajstić information content (AvgIpc) is 3.56. The van der Waals surface area contributed by atoms with Crippen molar-refractivity contribution < 1.29 is 0 Å². The minimum atomic E-state index is 0.449. The van der Waals surface area contributed by atoms with Crippen LogP contribution in [0.25, 0.3) is 82.9 Å². The molecule has 0 spiro atoms. The van der Waals surface area contributed by atoms with Gasteiger partial charge in [-0.3, -0.25) is 0 Å². The lowest BCUT2D eigenvalue weighted by Gasteiger charge is -2.29. The van der Waals surface area contributed by atoms with Gasteiger partial charge >= 0.3 is 0 Å². The lowest BCUT2D eigenvalue weighted by atomic mass is 9.81. The van der Waals surface area contributed by atoms with Crippen LogP contribution in [0.4, 0.5) is 17.1 Å². The van der Waals surface area contributed by atoms with Crippen LogP contribution >= 0.6 is 0 Å². The summed E-state index contributed by atoms with van der Waals surface area (Å²) >= 11 is 0. The molecule has 0 radical (unpaired) electrons. The Morgan fingerprint density at radius 2 is 0.765 bits per heavy atom. The second-order valence-electron chi connectivity index (χ2n) is 23.5. The third-order valence-corrected chi connectivity index (χ3v) is 15.8. The predicted molar refractivity (Wildman–Crippen MR) is 358 cm³/mol. The highest BCUT2D eigenvalue weighted by Crippen LogP contribution is 2.46. The molecule has 1 heteroatoms. The Kier molecular flexibility index (Phi) is 17.6. The molecule has 11 aromatic carbocycles. The largest absolute Gasteiger partial charge is 0.310 e. The first-order chi connectivity index (χ1) is 38.9. The predicted octanol–water partition coefficient (Wildman–Crippen LogP) is 24.1. The van der Waals surface area contributed by atoms with E-state index in [2.05, 4.69) is 300 Å². The Morgan fingerprint density at radius 3 is 1.19 bits per heavy atom. The van der Waals surface area contributed by atoms with Crippen LogP contribution in [-0.2, 0) is 0 Å². The molecule has 0 N–H and O–H groups in total. The molecule has 0 fully saturated rings. The zero-order valence-corrected chi connectivity index (χ0v) is 50.3. The van der Waals surface area contributed by atoms with Gasteiger partial charge in [-0.2, -0.15) is 0 Å². The number of anilines is 3. The first-order valence-electron chi connectivity index (χ1n) is 29.0. The van der Waals surface area contributed by atoms with E-state index in [0.29, 0.717) is 17.8 Å². The maximum Gasteiger partial charge on any atom is 0.0546 e. The molecule has 0 aliphatic rings. The van der Waals surface area contributed by atoms with Crippen LogP contribution in [-0.4, -0.2) is 0 Å². The summed E-state index contributed by atoms with van der Waals surface area (Å²) in [6, 6.07) is 76.8. The standard InChI is InChI=1S/C67H61N.C9H12.C4H8/c1-10-47-38-63-59-17-13-14-18-60(59)66(41-64(63)58-16-12-11-15-57(47)58)68(65-36-19-45(8)37-46(65)9)56-34-32-53(33-35-56)51-26-24-49(25-27-51)48-20-22-50(23-21-48)52-28-30-54(31-29-52)67-61(43(4)5)39-55(42(2)3)40-62(67)44(6)7;1-7-4-5-8(2)9(3)6-7;1-4(2)3/h10-44H,1H2,2-9H3;4-6H,1-3H3;1H2,2-3H3. The Hall–Kier alpha value is -8.52. The maximum atomic E-state index is 4.18. The molecule has 0 atom stereocenters. The molecular weight excluding hydrogens is 975 g/mol. The third-order valence-electron chi connectivity index (χ3n) is 15.8. The van der Waals surface area contributed by atoms with E-state index in [-0.39, 0.29) is 0 Å². The topological polar surface area (TPSA) is 3.24 Å². The Balaban J connectivity index is 0.000000542. The van der Waals surface area contributed by atoms with E-state index in [0.717, 1.165) is 16.9 Å². The van der Waals surface area contributed by atoms with Crippen molar-refractivity contribution in [2.75, 3.05) is 4.90 Å². The summed E-state index contributed by atoms with van der Waals surface area (Å²) in [4.78, 5) is 2.45. The second kappa shape index (κ2) is 24.9. The van der Waals surface area contributed by atoms with Crippen molar-refractivity contribution in [3.63, 3.8) is 0 Å². The van der Waals surface area contributed by atoms with E-state index < -0.39 is 0 Å². The molecule has 0 bridgehead atoms. The fourth-order valence-corrected chi connectivity index (χ4v) is 11.3. The molecule has 0 amide bonds. The number of fused-ring (bicyclic) bond motifs is 5. The number of allylic oxidation sites excluding steroid dienone is 1. The first kappa shape index (κ1) is 57.2. The number of hydrogen-bond acceptors (Lipinski definition) is 1. The minimum absolute atomic E-state index is 0.449. The van der Waals surface area contributed by atoms with Crippen molar-refractivity contribution in [2.24, 2.45) is 0 Å². The molecule has 11 aromatic rings. The molecule has 1 nitrogen and oxygen atoms in total. The summed E-state index contributed by atoms with van der Waals surface area (Å²) < 4.78 is 0. The van der Waals surface area contributed by atoms with Crippen molar-refractivity contribution in [2.45, 2.75) is 108 Å². The van der Waals surface area contributed by atoms with Crippen LogP contribution in [0.15, 0.2) is 225 Å². The number of aryl methyl sites for hydroxylation is 5. The molecule has 0 aliphatic heterocycles. The van der Waals surface area contributed by atoms with Gasteiger partial charge in [-0.25, -0.2) is 0 Å². The van der Waals surface area contributed by atoms with Crippen LogP contribution in [0.2, 0.25) is 0 Å². The van der Waals surface area contributed by atoms with Crippen molar-refractivity contribution in [3.05, 3.63) is 275 Å². The number of hydrogen-bond donors (Lipinski definition) is 0. The highest BCUT2D eigenvalue weighted by Gasteiger charge is 2.22. The zero-order chi connectivity index (χ0) is 57.6. The Morgan fingerprint density at radius 1 is 0.370 bits per heavy atom. The summed E-state index contributed by atoms with van der Waals surface area (Å²) in [5.74, 6) is 1.40. The Labute approximate surface area is 485 Å². The molecule has 406 valence electrons. The molecule has 81 heavy (non-hydrogen) atoms. The van der Waals surface area contributed by atoms with E-state index in [9.17, 15) is 0 Å². The summed E-state index contributed by atoms with van der Waals surface area (Å²) in [6.45, 7) is 36.4. The van der Waals surface area contributed by atoms with Gasteiger partial charge in [0.05, 0.1) is 5.69 Å². The van der Waals surface area contributed by atoms with Crippen molar-refractivity contribution in [1.82, 2.24) is 0 Å². The van der Waals surface area contributed by atoms with Gasteiger partial charge in [0.15, 0.2) is 0 Å². The number of rotatable bonds is 11. The van der Waals surface area contributed by atoms with Gasteiger partial charge in [-0.15, -0.1) is 6.58 Å². The summed E-state index contributed by atoms with van der Waals surface area (Å²) in [5, 5.41) is 7.36. The maximum absolute atomic E-state index is 4.18. The van der Waals surface area contributed by atoms with E-state index in [4.69, 9.17) is 0 Å². The highest BCUT2D eigenvalue weighted by molar-refractivity contribution is 6.23. The molecule has 0 unspecified atom stereocenters. The highest BCUT2D eigenvalue weighted by atomic mass is 15.1. The van der Waals surface area contributed by atoms with Gasteiger partial charge in [-0.05, 0) is 207 Å². The lowest BCUT2D eigenvalue weighted by molar-refractivity contribution is 0.807. The smallest absolute Gasteiger partial charge is 0.0546 e. The summed E-state index contributed by atoms with van der Waals surface area (Å²) in [5.41, 5.74) is 26.6.